The van der Waals surface area contributed by atoms with Crippen LogP contribution in [0.1, 0.15) is 24.4 Å². The van der Waals surface area contributed by atoms with Crippen molar-refractivity contribution in [3.63, 3.8) is 0 Å². The van der Waals surface area contributed by atoms with E-state index < -0.39 is 0 Å². The molecule has 1 aromatic rings. The summed E-state index contributed by atoms with van der Waals surface area (Å²) in [4.78, 5) is 0. The minimum atomic E-state index is 0.247. The Hall–Kier alpha value is -0.740. The van der Waals surface area contributed by atoms with Gasteiger partial charge in [0.1, 0.15) is 11.5 Å². The van der Waals surface area contributed by atoms with E-state index in [0.29, 0.717) is 10.2 Å². The highest BCUT2D eigenvalue weighted by atomic mass is 79.9. The summed E-state index contributed by atoms with van der Waals surface area (Å²) in [6.07, 6.45) is 2.21. The number of halogens is 1. The lowest BCUT2D eigenvalue weighted by Gasteiger charge is -2.15. The van der Waals surface area contributed by atoms with Crippen LogP contribution in [0.4, 0.5) is 0 Å². The first-order valence-electron chi connectivity index (χ1n) is 5.02. The second kappa shape index (κ2) is 4.41. The van der Waals surface area contributed by atoms with Crippen molar-refractivity contribution in [3.05, 3.63) is 22.2 Å². The van der Waals surface area contributed by atoms with E-state index in [0.717, 1.165) is 30.7 Å². The van der Waals surface area contributed by atoms with Gasteiger partial charge in [0.15, 0.2) is 0 Å². The quantitative estimate of drug-likeness (QED) is 0.869. The van der Waals surface area contributed by atoms with Gasteiger partial charge in [-0.05, 0) is 47.4 Å². The number of benzene rings is 1. The van der Waals surface area contributed by atoms with E-state index in [1.54, 1.807) is 13.2 Å². The van der Waals surface area contributed by atoms with Crippen LogP contribution in [-0.4, -0.2) is 18.8 Å². The van der Waals surface area contributed by atoms with E-state index in [-0.39, 0.29) is 6.04 Å². The predicted molar refractivity (Wildman–Crippen MR) is 62.3 cm³/mol. The van der Waals surface area contributed by atoms with Gasteiger partial charge < -0.3 is 15.2 Å². The minimum absolute atomic E-state index is 0.247. The van der Waals surface area contributed by atoms with Gasteiger partial charge >= 0.3 is 0 Å². The fourth-order valence-electron chi connectivity index (χ4n) is 1.93. The second-order valence-corrected chi connectivity index (χ2v) is 4.55. The van der Waals surface area contributed by atoms with Crippen LogP contribution in [0.5, 0.6) is 11.5 Å². The van der Waals surface area contributed by atoms with E-state index in [2.05, 4.69) is 21.2 Å². The third-order valence-electron chi connectivity index (χ3n) is 2.74. The third-order valence-corrected chi connectivity index (χ3v) is 3.34. The van der Waals surface area contributed by atoms with E-state index in [1.165, 1.54) is 0 Å². The molecule has 0 aromatic heterocycles. The monoisotopic (exact) mass is 271 g/mol. The average molecular weight is 272 g/mol. The Kier molecular flexibility index (Phi) is 3.17. The number of phenolic OH excluding ortho intramolecular Hbond substituents is 1. The summed E-state index contributed by atoms with van der Waals surface area (Å²) >= 11 is 3.33. The molecule has 82 valence electrons. The zero-order chi connectivity index (χ0) is 10.8. The van der Waals surface area contributed by atoms with Gasteiger partial charge in [-0.15, -0.1) is 0 Å². The Balaban J connectivity index is 2.39. The van der Waals surface area contributed by atoms with Crippen molar-refractivity contribution in [1.82, 2.24) is 5.32 Å². The molecule has 1 aliphatic heterocycles. The van der Waals surface area contributed by atoms with Crippen molar-refractivity contribution < 1.29 is 9.84 Å². The first-order valence-corrected chi connectivity index (χ1v) is 5.81. The number of rotatable bonds is 2. The van der Waals surface area contributed by atoms with Gasteiger partial charge in [-0.25, -0.2) is 0 Å². The third kappa shape index (κ3) is 2.11. The second-order valence-electron chi connectivity index (χ2n) is 3.70. The lowest BCUT2D eigenvalue weighted by atomic mass is 10.0. The molecule has 15 heavy (non-hydrogen) atoms. The van der Waals surface area contributed by atoms with Gasteiger partial charge in [0, 0.05) is 11.6 Å². The van der Waals surface area contributed by atoms with Crippen molar-refractivity contribution in [2.45, 2.75) is 18.9 Å². The Morgan fingerprint density at radius 1 is 1.53 bits per heavy atom. The van der Waals surface area contributed by atoms with Crippen molar-refractivity contribution in [2.24, 2.45) is 0 Å². The van der Waals surface area contributed by atoms with Crippen LogP contribution in [0, 0.1) is 0 Å². The smallest absolute Gasteiger partial charge is 0.134 e. The van der Waals surface area contributed by atoms with E-state index in [1.807, 2.05) is 6.07 Å². The molecule has 4 heteroatoms. The average Bonchev–Trinajstić information content (AvgIpc) is 2.75. The molecular weight excluding hydrogens is 258 g/mol. The van der Waals surface area contributed by atoms with Crippen LogP contribution < -0.4 is 10.1 Å². The van der Waals surface area contributed by atoms with Crippen molar-refractivity contribution in [3.8, 4) is 11.5 Å². The first kappa shape index (κ1) is 10.8. The van der Waals surface area contributed by atoms with E-state index in [4.69, 9.17) is 4.74 Å². The number of methoxy groups -OCH3 is 1. The van der Waals surface area contributed by atoms with Gasteiger partial charge in [-0.1, -0.05) is 0 Å². The van der Waals surface area contributed by atoms with Crippen LogP contribution in [0.25, 0.3) is 0 Å². The van der Waals surface area contributed by atoms with Gasteiger partial charge in [-0.2, -0.15) is 0 Å². The molecule has 1 heterocycles. The zero-order valence-corrected chi connectivity index (χ0v) is 10.2. The van der Waals surface area contributed by atoms with Crippen LogP contribution in [0.15, 0.2) is 16.6 Å². The molecule has 3 nitrogen and oxygen atoms in total. The molecule has 0 unspecified atom stereocenters. The highest BCUT2D eigenvalue weighted by Crippen LogP contribution is 2.38. The maximum absolute atomic E-state index is 9.94. The molecule has 1 atom stereocenters. The summed E-state index contributed by atoms with van der Waals surface area (Å²) in [5.41, 5.74) is 0.915. The molecule has 0 aliphatic carbocycles. The fraction of sp³-hybridized carbons (Fsp3) is 0.455. The van der Waals surface area contributed by atoms with Gasteiger partial charge in [0.05, 0.1) is 11.6 Å². The number of hydrogen-bond donors (Lipinski definition) is 2. The number of aromatic hydroxyl groups is 1. The van der Waals surface area contributed by atoms with E-state index >= 15 is 0 Å². The lowest BCUT2D eigenvalue weighted by Crippen LogP contribution is -2.13. The standard InChI is InChI=1S/C11H14BrNO2/c1-15-7-5-8(10-3-2-4-13-10)11(14)9(12)6-7/h5-6,10,13-14H,2-4H2,1H3/t10-/m0/s1. The molecule has 0 bridgehead atoms. The molecule has 2 rings (SSSR count). The van der Waals surface area contributed by atoms with Gasteiger partial charge in [-0.3, -0.25) is 0 Å². The van der Waals surface area contributed by atoms with Crippen molar-refractivity contribution >= 4 is 15.9 Å². The number of phenols is 1. The van der Waals surface area contributed by atoms with Crippen LogP contribution in [0.3, 0.4) is 0 Å². The molecule has 2 N–H and O–H groups in total. The maximum atomic E-state index is 9.94. The molecule has 1 saturated heterocycles. The fourth-order valence-corrected chi connectivity index (χ4v) is 2.38. The molecule has 1 fully saturated rings. The number of nitrogens with one attached hydrogen (secondary N) is 1. The normalized spacial score (nSPS) is 20.5. The summed E-state index contributed by atoms with van der Waals surface area (Å²) in [6, 6.07) is 3.91. The van der Waals surface area contributed by atoms with Crippen LogP contribution >= 0.6 is 15.9 Å². The molecule has 1 aromatic carbocycles. The molecule has 0 radical (unpaired) electrons. The predicted octanol–water partition coefficient (Wildman–Crippen LogP) is 2.59. The summed E-state index contributed by atoms with van der Waals surface area (Å²) in [6.45, 7) is 1.01. The van der Waals surface area contributed by atoms with Gasteiger partial charge in [0.25, 0.3) is 0 Å². The van der Waals surface area contributed by atoms with Crippen LogP contribution in [0.2, 0.25) is 0 Å². The minimum Gasteiger partial charge on any atom is -0.506 e. The Labute approximate surface area is 97.6 Å². The molecule has 0 saturated carbocycles. The topological polar surface area (TPSA) is 41.5 Å². The van der Waals surface area contributed by atoms with Crippen LogP contribution in [-0.2, 0) is 0 Å². The summed E-state index contributed by atoms with van der Waals surface area (Å²) < 4.78 is 5.87. The highest BCUT2D eigenvalue weighted by Gasteiger charge is 2.21. The Morgan fingerprint density at radius 3 is 2.93 bits per heavy atom. The number of hydrogen-bond acceptors (Lipinski definition) is 3. The van der Waals surface area contributed by atoms with Crippen molar-refractivity contribution in [1.29, 1.82) is 0 Å². The first-order chi connectivity index (χ1) is 7.22. The molecule has 0 spiro atoms. The SMILES string of the molecule is COc1cc(Br)c(O)c([C@@H]2CCCN2)c1. The molecule has 1 aliphatic rings. The summed E-state index contributed by atoms with van der Waals surface area (Å²) in [7, 11) is 1.63. The van der Waals surface area contributed by atoms with E-state index in [9.17, 15) is 5.11 Å². The Morgan fingerprint density at radius 2 is 2.33 bits per heavy atom. The molecular formula is C11H14BrNO2. The Bertz CT molecular complexity index is 362. The highest BCUT2D eigenvalue weighted by molar-refractivity contribution is 9.10. The summed E-state index contributed by atoms with van der Waals surface area (Å²) in [5, 5.41) is 13.3. The molecule has 0 amide bonds. The summed E-state index contributed by atoms with van der Waals surface area (Å²) in [5.74, 6) is 1.08. The zero-order valence-electron chi connectivity index (χ0n) is 8.59. The van der Waals surface area contributed by atoms with Gasteiger partial charge in [0.2, 0.25) is 0 Å². The lowest BCUT2D eigenvalue weighted by molar-refractivity contribution is 0.407. The largest absolute Gasteiger partial charge is 0.506 e. The van der Waals surface area contributed by atoms with Crippen molar-refractivity contribution in [2.75, 3.05) is 13.7 Å². The maximum Gasteiger partial charge on any atom is 0.134 e. The number of ether oxygens (including phenoxy) is 1.